The molecule has 7 heteroatoms. The molecule has 1 aliphatic rings. The van der Waals surface area contributed by atoms with Gasteiger partial charge in [0.15, 0.2) is 0 Å². The summed E-state index contributed by atoms with van der Waals surface area (Å²) >= 11 is 1.55. The molecule has 0 aromatic carbocycles. The summed E-state index contributed by atoms with van der Waals surface area (Å²) in [5, 5.41) is 0. The zero-order valence-corrected chi connectivity index (χ0v) is 14.2. The Morgan fingerprint density at radius 2 is 2.23 bits per heavy atom. The van der Waals surface area contributed by atoms with Crippen molar-refractivity contribution in [1.82, 2.24) is 9.80 Å². The van der Waals surface area contributed by atoms with E-state index in [2.05, 4.69) is 0 Å². The molecular weight excluding hydrogens is 304 g/mol. The minimum absolute atomic E-state index is 0.104. The summed E-state index contributed by atoms with van der Waals surface area (Å²) in [7, 11) is 1.71. The average Bonchev–Trinajstić information content (AvgIpc) is 3.06. The average molecular weight is 326 g/mol. The molecule has 0 N–H and O–H groups in total. The Morgan fingerprint density at radius 3 is 2.82 bits per heavy atom. The van der Waals surface area contributed by atoms with Crippen molar-refractivity contribution in [2.75, 3.05) is 18.7 Å². The fourth-order valence-electron chi connectivity index (χ4n) is 2.12. The summed E-state index contributed by atoms with van der Waals surface area (Å²) in [6, 6.07) is 3.12. The first-order valence-corrected chi connectivity index (χ1v) is 8.28. The second-order valence-electron chi connectivity index (χ2n) is 6.24. The number of rotatable bonds is 3. The molecule has 0 spiro atoms. The van der Waals surface area contributed by atoms with E-state index in [1.165, 1.54) is 4.90 Å². The van der Waals surface area contributed by atoms with Gasteiger partial charge in [-0.2, -0.15) is 0 Å². The van der Waals surface area contributed by atoms with Crippen molar-refractivity contribution in [2.24, 2.45) is 0 Å². The minimum Gasteiger partial charge on any atom is -0.467 e. The van der Waals surface area contributed by atoms with Gasteiger partial charge in [0.1, 0.15) is 17.4 Å². The Bertz CT molecular complexity index is 524. The van der Waals surface area contributed by atoms with Gasteiger partial charge in [-0.05, 0) is 32.9 Å². The molecule has 0 unspecified atom stereocenters. The number of likely N-dealkylation sites (N-methyl/N-ethyl adjacent to an activating group) is 1. The largest absolute Gasteiger partial charge is 0.467 e. The normalized spacial score (nSPS) is 18.4. The molecule has 1 saturated heterocycles. The van der Waals surface area contributed by atoms with Gasteiger partial charge in [0.2, 0.25) is 5.91 Å². The van der Waals surface area contributed by atoms with Crippen molar-refractivity contribution in [3.05, 3.63) is 24.2 Å². The highest BCUT2D eigenvalue weighted by Crippen LogP contribution is 2.25. The maximum absolute atomic E-state index is 12.6. The number of nitrogens with zero attached hydrogens (tertiary/aromatic N) is 2. The summed E-state index contributed by atoms with van der Waals surface area (Å²) in [6.07, 6.45) is 1.13. The van der Waals surface area contributed by atoms with E-state index in [1.54, 1.807) is 36.0 Å². The number of hydrogen-bond acceptors (Lipinski definition) is 5. The lowest BCUT2D eigenvalue weighted by Gasteiger charge is -2.29. The van der Waals surface area contributed by atoms with Crippen LogP contribution in [0, 0.1) is 0 Å². The molecule has 0 saturated carbocycles. The molecule has 0 aliphatic carbocycles. The fraction of sp³-hybridized carbons (Fsp3) is 0.600. The first kappa shape index (κ1) is 16.7. The van der Waals surface area contributed by atoms with Crippen LogP contribution in [0.4, 0.5) is 4.79 Å². The third-order valence-corrected chi connectivity index (χ3v) is 4.16. The molecule has 0 bridgehead atoms. The van der Waals surface area contributed by atoms with Crippen LogP contribution in [0.1, 0.15) is 26.5 Å². The number of carbonyl (C=O) groups is 2. The first-order valence-electron chi connectivity index (χ1n) is 7.12. The van der Waals surface area contributed by atoms with Gasteiger partial charge < -0.3 is 14.1 Å². The van der Waals surface area contributed by atoms with Crippen LogP contribution in [0.5, 0.6) is 0 Å². The highest BCUT2D eigenvalue weighted by Gasteiger charge is 2.38. The Morgan fingerprint density at radius 1 is 1.50 bits per heavy atom. The van der Waals surface area contributed by atoms with E-state index < -0.39 is 17.7 Å². The monoisotopic (exact) mass is 326 g/mol. The number of hydrogen-bond donors (Lipinski definition) is 0. The Labute approximate surface area is 134 Å². The van der Waals surface area contributed by atoms with Gasteiger partial charge >= 0.3 is 6.09 Å². The molecule has 1 aromatic heterocycles. The van der Waals surface area contributed by atoms with Crippen LogP contribution < -0.4 is 0 Å². The zero-order valence-electron chi connectivity index (χ0n) is 13.4. The van der Waals surface area contributed by atoms with E-state index in [9.17, 15) is 9.59 Å². The van der Waals surface area contributed by atoms with E-state index in [0.717, 1.165) is 0 Å². The summed E-state index contributed by atoms with van der Waals surface area (Å²) in [4.78, 5) is 27.9. The lowest BCUT2D eigenvalue weighted by molar-refractivity contribution is -0.134. The van der Waals surface area contributed by atoms with E-state index in [0.29, 0.717) is 23.9 Å². The van der Waals surface area contributed by atoms with E-state index >= 15 is 0 Å². The summed E-state index contributed by atoms with van der Waals surface area (Å²) in [5.41, 5.74) is -0.571. The predicted octanol–water partition coefficient (Wildman–Crippen LogP) is 2.55. The van der Waals surface area contributed by atoms with Gasteiger partial charge in [-0.1, -0.05) is 0 Å². The Hall–Kier alpha value is -1.63. The maximum atomic E-state index is 12.6. The standard InChI is InChI=1S/C15H22N2O4S/c1-15(2,3)21-14(19)17-10-22-9-12(17)13(18)16(4)8-11-6-5-7-20-11/h5-7,12H,8-10H2,1-4H3/t12-/m0/s1. The third-order valence-electron chi connectivity index (χ3n) is 3.14. The minimum atomic E-state index is -0.571. The van der Waals surface area contributed by atoms with Gasteiger partial charge in [-0.15, -0.1) is 11.8 Å². The highest BCUT2D eigenvalue weighted by molar-refractivity contribution is 7.99. The zero-order chi connectivity index (χ0) is 16.3. The number of amides is 2. The van der Waals surface area contributed by atoms with E-state index in [-0.39, 0.29) is 5.91 Å². The summed E-state index contributed by atoms with van der Waals surface area (Å²) in [5.74, 6) is 1.66. The lowest BCUT2D eigenvalue weighted by Crippen LogP contribution is -2.48. The SMILES string of the molecule is CN(Cc1ccco1)C(=O)[C@@H]1CSCN1C(=O)OC(C)(C)C. The van der Waals surface area contributed by atoms with Crippen LogP contribution >= 0.6 is 11.8 Å². The van der Waals surface area contributed by atoms with E-state index in [4.69, 9.17) is 9.15 Å². The summed E-state index contributed by atoms with van der Waals surface area (Å²) in [6.45, 7) is 5.82. The molecule has 1 fully saturated rings. The van der Waals surface area contributed by atoms with Crippen molar-refractivity contribution >= 4 is 23.8 Å². The first-order chi connectivity index (χ1) is 10.3. The summed E-state index contributed by atoms with van der Waals surface area (Å²) < 4.78 is 10.6. The Balaban J connectivity index is 2.00. The molecular formula is C15H22N2O4S. The lowest BCUT2D eigenvalue weighted by atomic mass is 10.2. The van der Waals surface area contributed by atoms with Crippen LogP contribution in [-0.2, 0) is 16.1 Å². The van der Waals surface area contributed by atoms with Crippen molar-refractivity contribution in [1.29, 1.82) is 0 Å². The van der Waals surface area contributed by atoms with E-state index in [1.807, 2.05) is 26.8 Å². The molecule has 2 heterocycles. The van der Waals surface area contributed by atoms with Crippen LogP contribution in [0.25, 0.3) is 0 Å². The molecule has 1 aliphatic heterocycles. The molecule has 1 atom stereocenters. The second-order valence-corrected chi connectivity index (χ2v) is 7.24. The molecule has 2 amide bonds. The second kappa shape index (κ2) is 6.64. The predicted molar refractivity (Wildman–Crippen MR) is 84.4 cm³/mol. The molecule has 22 heavy (non-hydrogen) atoms. The van der Waals surface area contributed by atoms with Crippen molar-refractivity contribution < 1.29 is 18.7 Å². The van der Waals surface area contributed by atoms with Crippen molar-refractivity contribution in [3.8, 4) is 0 Å². The van der Waals surface area contributed by atoms with Crippen LogP contribution in [-0.4, -0.2) is 52.1 Å². The smallest absolute Gasteiger partial charge is 0.411 e. The van der Waals surface area contributed by atoms with Crippen LogP contribution in [0.2, 0.25) is 0 Å². The topological polar surface area (TPSA) is 63.0 Å². The van der Waals surface area contributed by atoms with Crippen LogP contribution in [0.15, 0.2) is 22.8 Å². The van der Waals surface area contributed by atoms with Gasteiger partial charge in [0.25, 0.3) is 0 Å². The number of furan rings is 1. The van der Waals surface area contributed by atoms with Crippen LogP contribution in [0.3, 0.4) is 0 Å². The fourth-order valence-corrected chi connectivity index (χ4v) is 3.25. The molecule has 1 aromatic rings. The number of carbonyl (C=O) groups excluding carboxylic acids is 2. The van der Waals surface area contributed by atoms with Gasteiger partial charge in [0.05, 0.1) is 18.7 Å². The van der Waals surface area contributed by atoms with Crippen molar-refractivity contribution in [3.63, 3.8) is 0 Å². The quantitative estimate of drug-likeness (QED) is 0.854. The molecule has 2 rings (SSSR count). The number of ether oxygens (including phenoxy) is 1. The van der Waals surface area contributed by atoms with Gasteiger partial charge in [-0.3, -0.25) is 9.69 Å². The molecule has 122 valence electrons. The highest BCUT2D eigenvalue weighted by atomic mass is 32.2. The molecule has 0 radical (unpaired) electrons. The van der Waals surface area contributed by atoms with Gasteiger partial charge in [0, 0.05) is 12.8 Å². The third kappa shape index (κ3) is 4.19. The Kier molecular flexibility index (Phi) is 5.05. The maximum Gasteiger partial charge on any atom is 0.411 e. The van der Waals surface area contributed by atoms with Gasteiger partial charge in [-0.25, -0.2) is 4.79 Å². The molecule has 6 nitrogen and oxygen atoms in total. The number of thioether (sulfide) groups is 1. The van der Waals surface area contributed by atoms with Crippen molar-refractivity contribution in [2.45, 2.75) is 39.0 Å².